The number of para-hydroxylation sites is 2. The number of hydrazine groups is 1. The van der Waals surface area contributed by atoms with E-state index in [2.05, 4.69) is 28.0 Å². The van der Waals surface area contributed by atoms with Gasteiger partial charge in [0.05, 0.1) is 11.0 Å². The van der Waals surface area contributed by atoms with E-state index in [9.17, 15) is 4.79 Å². The molecule has 0 spiro atoms. The molecule has 3 heterocycles. The summed E-state index contributed by atoms with van der Waals surface area (Å²) in [6, 6.07) is 16.5. The molecule has 6 nitrogen and oxygen atoms in total. The molecule has 0 saturated carbocycles. The average Bonchev–Trinajstić information content (AvgIpc) is 3.43. The summed E-state index contributed by atoms with van der Waals surface area (Å²) in [5.74, 6) is 1.37. The number of aromatic amines is 1. The van der Waals surface area contributed by atoms with Crippen LogP contribution in [0.2, 0.25) is 0 Å². The van der Waals surface area contributed by atoms with Crippen LogP contribution >= 0.6 is 0 Å². The van der Waals surface area contributed by atoms with E-state index in [0.29, 0.717) is 12.6 Å². The number of piperidine rings is 1. The van der Waals surface area contributed by atoms with E-state index in [4.69, 9.17) is 4.98 Å². The summed E-state index contributed by atoms with van der Waals surface area (Å²) in [6.45, 7) is 2.50. The van der Waals surface area contributed by atoms with Crippen LogP contribution in [0.15, 0.2) is 48.5 Å². The maximum Gasteiger partial charge on any atom is 0.253 e. The molecule has 2 aromatic carbocycles. The molecule has 6 heteroatoms. The Morgan fingerprint density at radius 3 is 2.71 bits per heavy atom. The first kappa shape index (κ1) is 17.4. The predicted molar refractivity (Wildman–Crippen MR) is 109 cm³/mol. The third-order valence-corrected chi connectivity index (χ3v) is 5.90. The Balaban J connectivity index is 1.30. The molecule has 144 valence electrons. The molecular weight excluding hydrogens is 350 g/mol. The third-order valence-electron chi connectivity index (χ3n) is 5.90. The number of hydrogen-bond acceptors (Lipinski definition) is 4. The summed E-state index contributed by atoms with van der Waals surface area (Å²) >= 11 is 0. The van der Waals surface area contributed by atoms with Crippen LogP contribution in [0.5, 0.6) is 0 Å². The molecular formula is C22H25N5O. The monoisotopic (exact) mass is 375 g/mol. The molecule has 5 rings (SSSR count). The molecule has 0 bridgehead atoms. The molecule has 3 N–H and O–H groups in total. The lowest BCUT2D eigenvalue weighted by Crippen LogP contribution is -2.39. The molecule has 3 aromatic rings. The molecule has 2 atom stereocenters. The maximum atomic E-state index is 13.0. The molecule has 2 aliphatic rings. The Labute approximate surface area is 164 Å². The van der Waals surface area contributed by atoms with Gasteiger partial charge >= 0.3 is 0 Å². The fourth-order valence-corrected chi connectivity index (χ4v) is 4.33. The lowest BCUT2D eigenvalue weighted by atomic mass is 9.96. The van der Waals surface area contributed by atoms with Crippen molar-refractivity contribution < 1.29 is 4.79 Å². The van der Waals surface area contributed by atoms with Gasteiger partial charge in [-0.25, -0.2) is 4.98 Å². The number of aromatic nitrogens is 2. The van der Waals surface area contributed by atoms with Crippen molar-refractivity contribution in [3.8, 4) is 0 Å². The first-order valence-electron chi connectivity index (χ1n) is 10.1. The van der Waals surface area contributed by atoms with Gasteiger partial charge in [-0.15, -0.1) is 0 Å². The number of nitrogens with one attached hydrogen (secondary N) is 3. The summed E-state index contributed by atoms with van der Waals surface area (Å²) in [6.07, 6.45) is 3.13. The van der Waals surface area contributed by atoms with Crippen molar-refractivity contribution in [3.05, 3.63) is 65.5 Å². The number of hydrogen-bond donors (Lipinski definition) is 3. The highest BCUT2D eigenvalue weighted by atomic mass is 16.2. The van der Waals surface area contributed by atoms with Crippen molar-refractivity contribution in [2.75, 3.05) is 19.6 Å². The Kier molecular flexibility index (Phi) is 4.58. The van der Waals surface area contributed by atoms with Gasteiger partial charge in [-0.1, -0.05) is 24.3 Å². The van der Waals surface area contributed by atoms with E-state index in [-0.39, 0.29) is 11.8 Å². The minimum Gasteiger partial charge on any atom is -0.342 e. The van der Waals surface area contributed by atoms with Gasteiger partial charge in [-0.05, 0) is 49.1 Å². The predicted octanol–water partition coefficient (Wildman–Crippen LogP) is 3.12. The van der Waals surface area contributed by atoms with Crippen LogP contribution in [0.25, 0.3) is 11.0 Å². The van der Waals surface area contributed by atoms with E-state index >= 15 is 0 Å². The van der Waals surface area contributed by atoms with Gasteiger partial charge in [0.25, 0.3) is 5.91 Å². The number of fused-ring (bicyclic) bond motifs is 1. The van der Waals surface area contributed by atoms with Gasteiger partial charge in [0.15, 0.2) is 0 Å². The smallest absolute Gasteiger partial charge is 0.253 e. The zero-order valence-electron chi connectivity index (χ0n) is 15.8. The molecule has 0 aliphatic carbocycles. The molecule has 2 fully saturated rings. The number of rotatable bonds is 3. The fraction of sp³-hybridized carbons (Fsp3) is 0.364. The Hall–Kier alpha value is -2.70. The number of imidazole rings is 1. The van der Waals surface area contributed by atoms with Crippen LogP contribution in [-0.2, 0) is 0 Å². The zero-order chi connectivity index (χ0) is 18.9. The summed E-state index contributed by atoms with van der Waals surface area (Å²) < 4.78 is 0. The first-order valence-corrected chi connectivity index (χ1v) is 10.1. The topological polar surface area (TPSA) is 73.1 Å². The van der Waals surface area contributed by atoms with Crippen molar-refractivity contribution in [2.45, 2.75) is 31.2 Å². The van der Waals surface area contributed by atoms with Gasteiger partial charge < -0.3 is 9.88 Å². The van der Waals surface area contributed by atoms with Crippen LogP contribution in [0.1, 0.15) is 53.0 Å². The van der Waals surface area contributed by atoms with Gasteiger partial charge in [-0.3, -0.25) is 15.6 Å². The van der Waals surface area contributed by atoms with Crippen LogP contribution in [0, 0.1) is 0 Å². The highest BCUT2D eigenvalue weighted by Gasteiger charge is 2.27. The Morgan fingerprint density at radius 2 is 1.93 bits per heavy atom. The second kappa shape index (κ2) is 7.37. The highest BCUT2D eigenvalue weighted by Crippen LogP contribution is 2.28. The molecule has 1 amide bonds. The molecule has 2 aliphatic heterocycles. The van der Waals surface area contributed by atoms with Gasteiger partial charge in [-0.2, -0.15) is 0 Å². The number of H-pyrrole nitrogens is 1. The summed E-state index contributed by atoms with van der Waals surface area (Å²) in [4.78, 5) is 23.2. The van der Waals surface area contributed by atoms with E-state index < -0.39 is 0 Å². The van der Waals surface area contributed by atoms with E-state index in [1.54, 1.807) is 0 Å². The summed E-state index contributed by atoms with van der Waals surface area (Å²) in [5.41, 5.74) is 10.5. The third kappa shape index (κ3) is 3.30. The highest BCUT2D eigenvalue weighted by molar-refractivity contribution is 5.94. The number of nitrogens with zero attached hydrogens (tertiary/aromatic N) is 2. The lowest BCUT2D eigenvalue weighted by Gasteiger charge is -2.32. The van der Waals surface area contributed by atoms with Crippen molar-refractivity contribution in [2.24, 2.45) is 0 Å². The van der Waals surface area contributed by atoms with Crippen molar-refractivity contribution >= 4 is 16.9 Å². The van der Waals surface area contributed by atoms with Crippen molar-refractivity contribution in [3.63, 3.8) is 0 Å². The number of likely N-dealkylation sites (tertiary alicyclic amines) is 1. The second-order valence-corrected chi connectivity index (χ2v) is 7.76. The van der Waals surface area contributed by atoms with Gasteiger partial charge in [0, 0.05) is 37.2 Å². The lowest BCUT2D eigenvalue weighted by molar-refractivity contribution is 0.0705. The fourth-order valence-electron chi connectivity index (χ4n) is 4.33. The number of carbonyl (C=O) groups excluding carboxylic acids is 1. The second-order valence-electron chi connectivity index (χ2n) is 7.76. The van der Waals surface area contributed by atoms with Crippen molar-refractivity contribution in [1.82, 2.24) is 25.7 Å². The molecule has 0 radical (unpaired) electrons. The maximum absolute atomic E-state index is 13.0. The van der Waals surface area contributed by atoms with Crippen LogP contribution in [-0.4, -0.2) is 40.4 Å². The standard InChI is InChI=1S/C22H25N5O/c28-22(16-9-7-15(8-10-16)18-11-12-23-26-18)27-13-3-4-17(14-27)21-24-19-5-1-2-6-20(19)25-21/h1-2,5-10,17-18,23,26H,3-4,11-14H2,(H,24,25). The van der Waals surface area contributed by atoms with Gasteiger partial charge in [0.2, 0.25) is 0 Å². The molecule has 1 aromatic heterocycles. The summed E-state index contributed by atoms with van der Waals surface area (Å²) in [7, 11) is 0. The van der Waals surface area contributed by atoms with Crippen LogP contribution in [0.3, 0.4) is 0 Å². The SMILES string of the molecule is O=C(c1ccc(C2CCNN2)cc1)N1CCCC(c2nc3ccccc3[nH]2)C1. The van der Waals surface area contributed by atoms with Crippen molar-refractivity contribution in [1.29, 1.82) is 0 Å². The van der Waals surface area contributed by atoms with E-state index in [0.717, 1.165) is 54.8 Å². The Morgan fingerprint density at radius 1 is 1.07 bits per heavy atom. The van der Waals surface area contributed by atoms with Gasteiger partial charge in [0.1, 0.15) is 5.82 Å². The average molecular weight is 375 g/mol. The number of amides is 1. The molecule has 28 heavy (non-hydrogen) atoms. The minimum absolute atomic E-state index is 0.116. The van der Waals surface area contributed by atoms with Crippen LogP contribution < -0.4 is 10.9 Å². The quantitative estimate of drug-likeness (QED) is 0.658. The number of carbonyl (C=O) groups is 1. The normalized spacial score (nSPS) is 22.6. The van der Waals surface area contributed by atoms with Crippen LogP contribution in [0.4, 0.5) is 0 Å². The molecule has 2 saturated heterocycles. The first-order chi connectivity index (χ1) is 13.8. The minimum atomic E-state index is 0.116. The van der Waals surface area contributed by atoms with E-state index in [1.807, 2.05) is 41.3 Å². The number of benzene rings is 2. The summed E-state index contributed by atoms with van der Waals surface area (Å²) in [5, 5.41) is 0. The van der Waals surface area contributed by atoms with E-state index in [1.165, 1.54) is 5.56 Å². The Bertz CT molecular complexity index is 941. The zero-order valence-corrected chi connectivity index (χ0v) is 15.8. The molecule has 2 unspecified atom stereocenters. The largest absolute Gasteiger partial charge is 0.342 e.